The van der Waals surface area contributed by atoms with Gasteiger partial charge in [0, 0.05) is 13.2 Å². The fraction of sp³-hybridized carbons (Fsp3) is 0.667. The number of amides is 1. The van der Waals surface area contributed by atoms with Crippen molar-refractivity contribution in [2.24, 2.45) is 11.7 Å². The van der Waals surface area contributed by atoms with Gasteiger partial charge in [0.1, 0.15) is 5.00 Å². The van der Waals surface area contributed by atoms with E-state index in [1.807, 2.05) is 13.8 Å². The van der Waals surface area contributed by atoms with Crippen LogP contribution in [0.25, 0.3) is 0 Å². The van der Waals surface area contributed by atoms with Gasteiger partial charge in [-0.15, -0.1) is 23.7 Å². The molecule has 1 unspecified atom stereocenters. The fourth-order valence-electron chi connectivity index (χ4n) is 2.13. The molecular weight excluding hydrogens is 286 g/mol. The number of anilines is 1. The van der Waals surface area contributed by atoms with E-state index in [4.69, 9.17) is 10.5 Å². The summed E-state index contributed by atoms with van der Waals surface area (Å²) in [5.74, 6) is 0.0988. The number of aryl methyl sites for hydroxylation is 2. The van der Waals surface area contributed by atoms with Gasteiger partial charge in [-0.1, -0.05) is 0 Å². The highest BCUT2D eigenvalue weighted by molar-refractivity contribution is 7.16. The molecule has 1 aromatic rings. The van der Waals surface area contributed by atoms with Gasteiger partial charge in [0.15, 0.2) is 0 Å². The van der Waals surface area contributed by atoms with Crippen LogP contribution in [0.1, 0.15) is 23.5 Å². The van der Waals surface area contributed by atoms with Crippen LogP contribution < -0.4 is 11.1 Å². The van der Waals surface area contributed by atoms with Crippen LogP contribution in [0.15, 0.2) is 0 Å². The molecule has 1 aromatic heterocycles. The normalized spacial score (nSPS) is 17.6. The molecule has 3 N–H and O–H groups in total. The summed E-state index contributed by atoms with van der Waals surface area (Å²) in [6.07, 6.45) is 1.71. The summed E-state index contributed by atoms with van der Waals surface area (Å²) in [5, 5.41) is 4.63. The molecule has 0 spiro atoms. The number of nitrogens with two attached hydrogens (primary N) is 1. The minimum absolute atomic E-state index is 0. The van der Waals surface area contributed by atoms with Crippen LogP contribution in [-0.4, -0.2) is 30.1 Å². The van der Waals surface area contributed by atoms with Crippen LogP contribution in [0.5, 0.6) is 0 Å². The number of ether oxygens (including phenoxy) is 1. The number of rotatable bonds is 3. The molecule has 0 aromatic carbocycles. The Balaban J connectivity index is 0.00000180. The quantitative estimate of drug-likeness (QED) is 0.894. The second-order valence-electron chi connectivity index (χ2n) is 4.61. The van der Waals surface area contributed by atoms with Crippen molar-refractivity contribution >= 4 is 34.7 Å². The van der Waals surface area contributed by atoms with Crippen molar-refractivity contribution in [3.63, 3.8) is 0 Å². The monoisotopic (exact) mass is 305 g/mol. The average Bonchev–Trinajstić information content (AvgIpc) is 2.68. The van der Waals surface area contributed by atoms with Crippen molar-refractivity contribution < 1.29 is 9.53 Å². The molecule has 0 bridgehead atoms. The average molecular weight is 306 g/mol. The first-order valence-corrected chi connectivity index (χ1v) is 6.98. The first kappa shape index (κ1) is 16.4. The van der Waals surface area contributed by atoms with Crippen molar-refractivity contribution in [2.45, 2.75) is 32.7 Å². The molecule has 1 saturated heterocycles. The van der Waals surface area contributed by atoms with E-state index in [1.54, 1.807) is 0 Å². The number of hydrogen-bond donors (Lipinski definition) is 2. The topological polar surface area (TPSA) is 77.2 Å². The summed E-state index contributed by atoms with van der Waals surface area (Å²) in [5.41, 5.74) is 6.87. The molecule has 1 aliphatic rings. The van der Waals surface area contributed by atoms with Crippen molar-refractivity contribution in [1.82, 2.24) is 4.98 Å². The Morgan fingerprint density at radius 2 is 2.11 bits per heavy atom. The molecule has 7 heteroatoms. The van der Waals surface area contributed by atoms with E-state index in [0.717, 1.165) is 28.5 Å². The lowest BCUT2D eigenvalue weighted by Crippen LogP contribution is -2.43. The van der Waals surface area contributed by atoms with E-state index in [1.165, 1.54) is 11.3 Å². The Morgan fingerprint density at radius 3 is 2.63 bits per heavy atom. The number of aromatic nitrogens is 1. The number of thiazole rings is 1. The predicted molar refractivity (Wildman–Crippen MR) is 79.0 cm³/mol. The molecule has 1 fully saturated rings. The molecule has 5 nitrogen and oxygen atoms in total. The van der Waals surface area contributed by atoms with Crippen molar-refractivity contribution in [3.05, 3.63) is 10.7 Å². The Morgan fingerprint density at radius 1 is 1.47 bits per heavy atom. The first-order valence-electron chi connectivity index (χ1n) is 6.16. The van der Waals surface area contributed by atoms with E-state index in [2.05, 4.69) is 10.3 Å². The van der Waals surface area contributed by atoms with Crippen LogP contribution in [-0.2, 0) is 9.53 Å². The summed E-state index contributed by atoms with van der Waals surface area (Å²) in [6.45, 7) is 5.21. The zero-order chi connectivity index (χ0) is 13.1. The number of carbonyl (C=O) groups excluding carboxylic acids is 1. The standard InChI is InChI=1S/C12H19N3O2S.ClH/c1-7-12(18-8(2)14-7)15-11(16)10(13)9-3-5-17-6-4-9;/h9-10H,3-6,13H2,1-2H3,(H,15,16);1H. The molecule has 1 amide bonds. The highest BCUT2D eigenvalue weighted by atomic mass is 35.5. The fourth-order valence-corrected chi connectivity index (χ4v) is 2.95. The van der Waals surface area contributed by atoms with Crippen LogP contribution in [0.3, 0.4) is 0 Å². The summed E-state index contributed by atoms with van der Waals surface area (Å²) in [6, 6.07) is -0.462. The maximum absolute atomic E-state index is 12.1. The third-order valence-electron chi connectivity index (χ3n) is 3.22. The number of hydrogen-bond acceptors (Lipinski definition) is 5. The van der Waals surface area contributed by atoms with Gasteiger partial charge in [-0.05, 0) is 32.6 Å². The highest BCUT2D eigenvalue weighted by Crippen LogP contribution is 2.24. The van der Waals surface area contributed by atoms with Crippen LogP contribution in [0, 0.1) is 19.8 Å². The summed E-state index contributed by atoms with van der Waals surface area (Å²) in [7, 11) is 0. The number of carbonyl (C=O) groups is 1. The Kier molecular flexibility index (Phi) is 6.19. The second-order valence-corrected chi connectivity index (χ2v) is 5.82. The number of halogens is 1. The summed E-state index contributed by atoms with van der Waals surface area (Å²) >= 11 is 1.48. The van der Waals surface area contributed by atoms with Crippen LogP contribution in [0.2, 0.25) is 0 Å². The molecule has 0 saturated carbocycles. The first-order chi connectivity index (χ1) is 8.58. The highest BCUT2D eigenvalue weighted by Gasteiger charge is 2.27. The van der Waals surface area contributed by atoms with Crippen LogP contribution in [0.4, 0.5) is 5.00 Å². The largest absolute Gasteiger partial charge is 0.381 e. The lowest BCUT2D eigenvalue weighted by atomic mass is 9.92. The van der Waals surface area contributed by atoms with E-state index >= 15 is 0 Å². The van der Waals surface area contributed by atoms with Crippen molar-refractivity contribution in [1.29, 1.82) is 0 Å². The van der Waals surface area contributed by atoms with Gasteiger partial charge in [0.2, 0.25) is 5.91 Å². The maximum atomic E-state index is 12.1. The van der Waals surface area contributed by atoms with E-state index in [9.17, 15) is 4.79 Å². The number of nitrogens with zero attached hydrogens (tertiary/aromatic N) is 1. The van der Waals surface area contributed by atoms with Gasteiger partial charge in [0.25, 0.3) is 0 Å². The second kappa shape index (κ2) is 7.19. The van der Waals surface area contributed by atoms with Gasteiger partial charge in [-0.3, -0.25) is 4.79 Å². The molecule has 1 aliphatic heterocycles. The van der Waals surface area contributed by atoms with Gasteiger partial charge >= 0.3 is 0 Å². The third-order valence-corrected chi connectivity index (χ3v) is 4.21. The van der Waals surface area contributed by atoms with E-state index in [0.29, 0.717) is 13.2 Å². The Bertz CT molecular complexity index is 433. The van der Waals surface area contributed by atoms with Gasteiger partial charge in [0.05, 0.1) is 16.7 Å². The van der Waals surface area contributed by atoms with Crippen molar-refractivity contribution in [3.8, 4) is 0 Å². The molecule has 108 valence electrons. The molecule has 1 atom stereocenters. The van der Waals surface area contributed by atoms with Crippen molar-refractivity contribution in [2.75, 3.05) is 18.5 Å². The van der Waals surface area contributed by atoms with E-state index in [-0.39, 0.29) is 24.2 Å². The maximum Gasteiger partial charge on any atom is 0.242 e. The lowest BCUT2D eigenvalue weighted by molar-refractivity contribution is -0.119. The Labute approximate surface area is 123 Å². The third kappa shape index (κ3) is 4.14. The number of nitrogens with one attached hydrogen (secondary N) is 1. The SMILES string of the molecule is Cc1nc(C)c(NC(=O)C(N)C2CCOCC2)s1.Cl. The lowest BCUT2D eigenvalue weighted by Gasteiger charge is -2.26. The molecule has 2 rings (SSSR count). The Hall–Kier alpha value is -0.690. The predicted octanol–water partition coefficient (Wildman–Crippen LogP) is 1.87. The zero-order valence-corrected chi connectivity index (χ0v) is 12.8. The van der Waals surface area contributed by atoms with Gasteiger partial charge < -0.3 is 15.8 Å². The summed E-state index contributed by atoms with van der Waals surface area (Å²) < 4.78 is 5.28. The van der Waals surface area contributed by atoms with Crippen LogP contribution >= 0.6 is 23.7 Å². The zero-order valence-electron chi connectivity index (χ0n) is 11.1. The minimum atomic E-state index is -0.462. The van der Waals surface area contributed by atoms with Gasteiger partial charge in [-0.25, -0.2) is 4.98 Å². The molecule has 0 radical (unpaired) electrons. The molecule has 19 heavy (non-hydrogen) atoms. The molecule has 2 heterocycles. The van der Waals surface area contributed by atoms with E-state index < -0.39 is 6.04 Å². The molecular formula is C12H20ClN3O2S. The van der Waals surface area contributed by atoms with Gasteiger partial charge in [-0.2, -0.15) is 0 Å². The molecule has 0 aliphatic carbocycles. The smallest absolute Gasteiger partial charge is 0.242 e. The minimum Gasteiger partial charge on any atom is -0.381 e. The summed E-state index contributed by atoms with van der Waals surface area (Å²) in [4.78, 5) is 16.4.